The Labute approximate surface area is 90.3 Å². The second-order valence-electron chi connectivity index (χ2n) is 2.97. The second kappa shape index (κ2) is 5.34. The van der Waals surface area contributed by atoms with Crippen molar-refractivity contribution in [2.24, 2.45) is 0 Å². The molecule has 0 aliphatic carbocycles. The van der Waals surface area contributed by atoms with Crippen LogP contribution in [0.1, 0.15) is 5.56 Å². The van der Waals surface area contributed by atoms with E-state index in [0.717, 1.165) is 0 Å². The van der Waals surface area contributed by atoms with Crippen LogP contribution in [-0.2, 0) is 4.79 Å². The molecule has 0 spiro atoms. The zero-order valence-corrected chi connectivity index (χ0v) is 8.20. The highest BCUT2D eigenvalue weighted by atomic mass is 19.4. The molecule has 1 aromatic carbocycles. The summed E-state index contributed by atoms with van der Waals surface area (Å²) in [6.45, 7) is -1.31. The first-order valence-electron chi connectivity index (χ1n) is 4.43. The molecule has 0 amide bonds. The van der Waals surface area contributed by atoms with Crippen molar-refractivity contribution in [1.29, 1.82) is 0 Å². The third-order valence-corrected chi connectivity index (χ3v) is 1.65. The van der Waals surface area contributed by atoms with E-state index in [4.69, 9.17) is 0 Å². The minimum atomic E-state index is -4.34. The van der Waals surface area contributed by atoms with Gasteiger partial charge in [0.2, 0.25) is 0 Å². The van der Waals surface area contributed by atoms with Crippen LogP contribution in [0.2, 0.25) is 0 Å². The molecule has 0 saturated carbocycles. The van der Waals surface area contributed by atoms with Gasteiger partial charge in [-0.1, -0.05) is 18.2 Å². The van der Waals surface area contributed by atoms with Crippen LogP contribution in [0.5, 0.6) is 5.75 Å². The fourth-order valence-corrected chi connectivity index (χ4v) is 0.991. The number of alkyl halides is 3. The third kappa shape index (κ3) is 4.63. The Morgan fingerprint density at radius 1 is 1.19 bits per heavy atom. The number of hydrogen-bond acceptors (Lipinski definition) is 2. The highest BCUT2D eigenvalue weighted by Crippen LogP contribution is 2.19. The van der Waals surface area contributed by atoms with E-state index in [2.05, 4.69) is 4.74 Å². The van der Waals surface area contributed by atoms with Crippen molar-refractivity contribution in [1.82, 2.24) is 0 Å². The first-order chi connectivity index (χ1) is 7.51. The minimum absolute atomic E-state index is 0.139. The van der Waals surface area contributed by atoms with Gasteiger partial charge in [-0.05, 0) is 23.8 Å². The van der Waals surface area contributed by atoms with Crippen LogP contribution >= 0.6 is 0 Å². The van der Waals surface area contributed by atoms with E-state index in [-0.39, 0.29) is 5.75 Å². The summed E-state index contributed by atoms with van der Waals surface area (Å²) in [5.74, 6) is 0.139. The molecule has 2 nitrogen and oxygen atoms in total. The van der Waals surface area contributed by atoms with Crippen molar-refractivity contribution in [3.8, 4) is 5.75 Å². The fraction of sp³-hybridized carbons (Fsp3) is 0.182. The smallest absolute Gasteiger partial charge is 0.422 e. The Kier molecular flexibility index (Phi) is 4.10. The SMILES string of the molecule is O=CC=Cc1ccc(OCC(F)(F)F)cc1. The van der Waals surface area contributed by atoms with Crippen LogP contribution in [0.15, 0.2) is 30.3 Å². The molecule has 0 N–H and O–H groups in total. The molecular formula is C11H9F3O2. The lowest BCUT2D eigenvalue weighted by Gasteiger charge is -2.08. The Bertz CT molecular complexity index is 366. The largest absolute Gasteiger partial charge is 0.484 e. The molecule has 86 valence electrons. The number of carbonyl (C=O) groups excluding carboxylic acids is 1. The Balaban J connectivity index is 2.58. The van der Waals surface area contributed by atoms with E-state index in [0.29, 0.717) is 11.8 Å². The molecule has 1 rings (SSSR count). The number of carbonyl (C=O) groups is 1. The summed E-state index contributed by atoms with van der Waals surface area (Å²) >= 11 is 0. The highest BCUT2D eigenvalue weighted by Gasteiger charge is 2.28. The Morgan fingerprint density at radius 3 is 2.31 bits per heavy atom. The van der Waals surface area contributed by atoms with Gasteiger partial charge in [0.25, 0.3) is 0 Å². The average molecular weight is 230 g/mol. The number of aldehydes is 1. The molecule has 0 unspecified atom stereocenters. The summed E-state index contributed by atoms with van der Waals surface area (Å²) < 4.78 is 39.9. The minimum Gasteiger partial charge on any atom is -0.484 e. The fourth-order valence-electron chi connectivity index (χ4n) is 0.991. The Hall–Kier alpha value is -1.78. The van der Waals surface area contributed by atoms with Crippen molar-refractivity contribution < 1.29 is 22.7 Å². The van der Waals surface area contributed by atoms with Crippen LogP contribution < -0.4 is 4.74 Å². The summed E-state index contributed by atoms with van der Waals surface area (Å²) in [4.78, 5) is 10.0. The molecule has 16 heavy (non-hydrogen) atoms. The number of ether oxygens (including phenoxy) is 1. The second-order valence-corrected chi connectivity index (χ2v) is 2.97. The molecular weight excluding hydrogens is 221 g/mol. The number of allylic oxidation sites excluding steroid dienone is 1. The lowest BCUT2D eigenvalue weighted by Crippen LogP contribution is -2.19. The van der Waals surface area contributed by atoms with Gasteiger partial charge in [0.15, 0.2) is 6.61 Å². The third-order valence-electron chi connectivity index (χ3n) is 1.65. The van der Waals surface area contributed by atoms with Crippen LogP contribution in [-0.4, -0.2) is 19.1 Å². The van der Waals surface area contributed by atoms with Crippen molar-refractivity contribution in [3.05, 3.63) is 35.9 Å². The number of halogens is 3. The monoisotopic (exact) mass is 230 g/mol. The molecule has 1 aromatic rings. The summed E-state index contributed by atoms with van der Waals surface area (Å²) in [6.07, 6.45) is -0.879. The Morgan fingerprint density at radius 2 is 1.81 bits per heavy atom. The molecule has 0 fully saturated rings. The summed E-state index contributed by atoms with van der Waals surface area (Å²) in [5, 5.41) is 0. The van der Waals surface area contributed by atoms with Crippen LogP contribution in [0, 0.1) is 0 Å². The van der Waals surface area contributed by atoms with Gasteiger partial charge >= 0.3 is 6.18 Å². The number of benzene rings is 1. The molecule has 0 aromatic heterocycles. The van der Waals surface area contributed by atoms with Crippen molar-refractivity contribution in [2.45, 2.75) is 6.18 Å². The molecule has 0 radical (unpaired) electrons. The molecule has 0 saturated heterocycles. The van der Waals surface area contributed by atoms with Crippen LogP contribution in [0.4, 0.5) is 13.2 Å². The standard InChI is InChI=1S/C11H9F3O2/c12-11(13,14)8-16-10-5-3-9(4-6-10)2-1-7-15/h1-7H,8H2. The van der Waals surface area contributed by atoms with Crippen LogP contribution in [0.3, 0.4) is 0 Å². The molecule has 0 aliphatic rings. The van der Waals surface area contributed by atoms with Gasteiger partial charge in [-0.15, -0.1) is 0 Å². The van der Waals surface area contributed by atoms with Gasteiger partial charge in [-0.3, -0.25) is 4.79 Å². The van der Waals surface area contributed by atoms with E-state index < -0.39 is 12.8 Å². The van der Waals surface area contributed by atoms with Crippen molar-refractivity contribution in [2.75, 3.05) is 6.61 Å². The van der Waals surface area contributed by atoms with Crippen LogP contribution in [0.25, 0.3) is 6.08 Å². The topological polar surface area (TPSA) is 26.3 Å². The van der Waals surface area contributed by atoms with E-state index in [1.54, 1.807) is 18.2 Å². The van der Waals surface area contributed by atoms with Crippen molar-refractivity contribution >= 4 is 12.4 Å². The predicted molar refractivity (Wildman–Crippen MR) is 53.1 cm³/mol. The molecule has 0 aliphatic heterocycles. The maximum atomic E-state index is 11.8. The van der Waals surface area contributed by atoms with E-state index in [9.17, 15) is 18.0 Å². The van der Waals surface area contributed by atoms with E-state index in [1.165, 1.54) is 18.2 Å². The first kappa shape index (κ1) is 12.3. The maximum Gasteiger partial charge on any atom is 0.422 e. The first-order valence-corrected chi connectivity index (χ1v) is 4.43. The van der Waals surface area contributed by atoms with Gasteiger partial charge in [0.05, 0.1) is 0 Å². The van der Waals surface area contributed by atoms with Gasteiger partial charge in [-0.2, -0.15) is 13.2 Å². The van der Waals surface area contributed by atoms with Gasteiger partial charge in [-0.25, -0.2) is 0 Å². The molecule has 0 bridgehead atoms. The number of rotatable bonds is 4. The van der Waals surface area contributed by atoms with E-state index in [1.807, 2.05) is 0 Å². The predicted octanol–water partition coefficient (Wildman–Crippen LogP) is 2.84. The lowest BCUT2D eigenvalue weighted by atomic mass is 10.2. The quantitative estimate of drug-likeness (QED) is 0.587. The molecule has 0 atom stereocenters. The number of hydrogen-bond donors (Lipinski definition) is 0. The normalized spacial score (nSPS) is 11.7. The van der Waals surface area contributed by atoms with Crippen molar-refractivity contribution in [3.63, 3.8) is 0 Å². The zero-order valence-electron chi connectivity index (χ0n) is 8.20. The highest BCUT2D eigenvalue weighted by molar-refractivity contribution is 5.73. The summed E-state index contributed by atoms with van der Waals surface area (Å²) in [5.41, 5.74) is 0.714. The maximum absolute atomic E-state index is 11.8. The zero-order chi connectivity index (χ0) is 12.0. The molecule has 0 heterocycles. The lowest BCUT2D eigenvalue weighted by molar-refractivity contribution is -0.153. The molecule has 5 heteroatoms. The summed E-state index contributed by atoms with van der Waals surface area (Å²) in [7, 11) is 0. The van der Waals surface area contributed by atoms with Gasteiger partial charge in [0, 0.05) is 0 Å². The van der Waals surface area contributed by atoms with Gasteiger partial charge in [0.1, 0.15) is 12.0 Å². The summed E-state index contributed by atoms with van der Waals surface area (Å²) in [6, 6.07) is 5.95. The van der Waals surface area contributed by atoms with E-state index >= 15 is 0 Å². The van der Waals surface area contributed by atoms with Gasteiger partial charge < -0.3 is 4.74 Å². The average Bonchev–Trinajstić information content (AvgIpc) is 2.24.